The van der Waals surface area contributed by atoms with E-state index in [9.17, 15) is 13.2 Å². The van der Waals surface area contributed by atoms with Crippen LogP contribution in [0.15, 0.2) is 51.8 Å². The summed E-state index contributed by atoms with van der Waals surface area (Å²) in [6, 6.07) is 11.5. The predicted octanol–water partition coefficient (Wildman–Crippen LogP) is 3.82. The molecule has 124 valence electrons. The maximum Gasteiger partial charge on any atom is 0.263 e. The fourth-order valence-corrected chi connectivity index (χ4v) is 4.69. The molecule has 0 unspecified atom stereocenters. The molecule has 1 heterocycles. The standard InChI is InChI=1S/C15H12BrN3O3S2/c1-9(20)17-11-3-5-12(6-4-11)24(21,22)19-15-18-13-7-2-10(16)8-14(13)23-15/h2-8H,1H3,(H,17,20)(H,18,19). The van der Waals surface area contributed by atoms with Crippen LogP contribution in [0.3, 0.4) is 0 Å². The van der Waals surface area contributed by atoms with Crippen molar-refractivity contribution in [3.63, 3.8) is 0 Å². The molecule has 24 heavy (non-hydrogen) atoms. The summed E-state index contributed by atoms with van der Waals surface area (Å²) < 4.78 is 29.1. The molecule has 6 nitrogen and oxygen atoms in total. The van der Waals surface area contributed by atoms with E-state index in [-0.39, 0.29) is 10.8 Å². The lowest BCUT2D eigenvalue weighted by atomic mass is 10.3. The van der Waals surface area contributed by atoms with Crippen LogP contribution in [0.1, 0.15) is 6.92 Å². The highest BCUT2D eigenvalue weighted by Gasteiger charge is 2.16. The van der Waals surface area contributed by atoms with Crippen molar-refractivity contribution in [2.24, 2.45) is 0 Å². The van der Waals surface area contributed by atoms with Gasteiger partial charge in [-0.2, -0.15) is 0 Å². The highest BCUT2D eigenvalue weighted by atomic mass is 79.9. The van der Waals surface area contributed by atoms with Gasteiger partial charge in [-0.05, 0) is 42.5 Å². The molecule has 3 aromatic rings. The molecule has 0 spiro atoms. The summed E-state index contributed by atoms with van der Waals surface area (Å²) in [5.74, 6) is -0.218. The number of carbonyl (C=O) groups is 1. The van der Waals surface area contributed by atoms with Crippen molar-refractivity contribution in [2.45, 2.75) is 11.8 Å². The van der Waals surface area contributed by atoms with E-state index in [0.29, 0.717) is 10.8 Å². The highest BCUT2D eigenvalue weighted by Crippen LogP contribution is 2.30. The molecule has 0 saturated heterocycles. The zero-order chi connectivity index (χ0) is 17.3. The van der Waals surface area contributed by atoms with Crippen molar-refractivity contribution in [3.8, 4) is 0 Å². The van der Waals surface area contributed by atoms with Gasteiger partial charge in [-0.15, -0.1) is 0 Å². The van der Waals surface area contributed by atoms with Crippen LogP contribution in [0.5, 0.6) is 0 Å². The van der Waals surface area contributed by atoms with Crippen LogP contribution in [0.4, 0.5) is 10.8 Å². The minimum Gasteiger partial charge on any atom is -0.326 e. The van der Waals surface area contributed by atoms with E-state index in [0.717, 1.165) is 14.7 Å². The predicted molar refractivity (Wildman–Crippen MR) is 98.9 cm³/mol. The molecule has 0 radical (unpaired) electrons. The summed E-state index contributed by atoms with van der Waals surface area (Å²) in [5.41, 5.74) is 1.26. The zero-order valence-electron chi connectivity index (χ0n) is 12.4. The number of rotatable bonds is 4. The number of halogens is 1. The largest absolute Gasteiger partial charge is 0.326 e. The molecule has 1 amide bonds. The van der Waals surface area contributed by atoms with Gasteiger partial charge in [0.05, 0.1) is 15.1 Å². The molecular weight excluding hydrogens is 414 g/mol. The Hall–Kier alpha value is -1.97. The van der Waals surface area contributed by atoms with Gasteiger partial charge < -0.3 is 5.32 Å². The molecule has 1 aromatic heterocycles. The van der Waals surface area contributed by atoms with E-state index in [1.165, 1.54) is 42.5 Å². The molecule has 0 fully saturated rings. The number of nitrogens with one attached hydrogen (secondary N) is 2. The number of carbonyl (C=O) groups excluding carboxylic acids is 1. The first-order valence-electron chi connectivity index (χ1n) is 6.80. The Kier molecular flexibility index (Phi) is 4.57. The molecule has 0 saturated carbocycles. The number of anilines is 2. The van der Waals surface area contributed by atoms with E-state index in [4.69, 9.17) is 0 Å². The van der Waals surface area contributed by atoms with Crippen molar-refractivity contribution in [3.05, 3.63) is 46.9 Å². The maximum atomic E-state index is 12.4. The summed E-state index contributed by atoms with van der Waals surface area (Å²) in [6.07, 6.45) is 0. The Morgan fingerprint density at radius 2 is 1.88 bits per heavy atom. The second kappa shape index (κ2) is 6.50. The average Bonchev–Trinajstić information content (AvgIpc) is 2.87. The third-order valence-electron chi connectivity index (χ3n) is 3.06. The lowest BCUT2D eigenvalue weighted by Gasteiger charge is -2.06. The molecular formula is C15H12BrN3O3S2. The number of fused-ring (bicyclic) bond motifs is 1. The van der Waals surface area contributed by atoms with E-state index >= 15 is 0 Å². The van der Waals surface area contributed by atoms with Gasteiger partial charge in [0.1, 0.15) is 0 Å². The number of thiazole rings is 1. The lowest BCUT2D eigenvalue weighted by Crippen LogP contribution is -2.13. The molecule has 2 aromatic carbocycles. The molecule has 9 heteroatoms. The van der Waals surface area contributed by atoms with Crippen LogP contribution < -0.4 is 10.0 Å². The van der Waals surface area contributed by atoms with Crippen molar-refractivity contribution in [1.29, 1.82) is 0 Å². The first kappa shape index (κ1) is 16.9. The van der Waals surface area contributed by atoms with E-state index < -0.39 is 10.0 Å². The lowest BCUT2D eigenvalue weighted by molar-refractivity contribution is -0.114. The number of amides is 1. The second-order valence-electron chi connectivity index (χ2n) is 4.94. The Balaban J connectivity index is 1.85. The van der Waals surface area contributed by atoms with Gasteiger partial charge in [-0.3, -0.25) is 9.52 Å². The van der Waals surface area contributed by atoms with Crippen LogP contribution in [0.25, 0.3) is 10.2 Å². The summed E-state index contributed by atoms with van der Waals surface area (Å²) in [7, 11) is -3.74. The zero-order valence-corrected chi connectivity index (χ0v) is 15.6. The molecule has 0 aliphatic heterocycles. The summed E-state index contributed by atoms with van der Waals surface area (Å²) >= 11 is 4.63. The minimum atomic E-state index is -3.74. The van der Waals surface area contributed by atoms with Gasteiger partial charge in [-0.1, -0.05) is 27.3 Å². The second-order valence-corrected chi connectivity index (χ2v) is 8.57. The van der Waals surface area contributed by atoms with E-state index in [1.54, 1.807) is 0 Å². The number of sulfonamides is 1. The quantitative estimate of drug-likeness (QED) is 0.664. The van der Waals surface area contributed by atoms with Crippen molar-refractivity contribution < 1.29 is 13.2 Å². The first-order chi connectivity index (χ1) is 11.3. The van der Waals surface area contributed by atoms with Crippen LogP contribution in [-0.2, 0) is 14.8 Å². The smallest absolute Gasteiger partial charge is 0.263 e. The number of hydrogen-bond donors (Lipinski definition) is 2. The van der Waals surface area contributed by atoms with Gasteiger partial charge in [0.2, 0.25) is 5.91 Å². The van der Waals surface area contributed by atoms with Gasteiger partial charge in [0.15, 0.2) is 5.13 Å². The Bertz CT molecular complexity index is 1010. The maximum absolute atomic E-state index is 12.4. The molecule has 0 bridgehead atoms. The van der Waals surface area contributed by atoms with E-state index in [1.807, 2.05) is 18.2 Å². The fraction of sp³-hybridized carbons (Fsp3) is 0.0667. The van der Waals surface area contributed by atoms with Gasteiger partial charge in [0, 0.05) is 17.1 Å². The fourth-order valence-electron chi connectivity index (χ4n) is 2.04. The van der Waals surface area contributed by atoms with Crippen molar-refractivity contribution in [1.82, 2.24) is 4.98 Å². The van der Waals surface area contributed by atoms with Gasteiger partial charge in [-0.25, -0.2) is 13.4 Å². The SMILES string of the molecule is CC(=O)Nc1ccc(S(=O)(=O)Nc2nc3ccc(Br)cc3s2)cc1. The number of aromatic nitrogens is 1. The van der Waals surface area contributed by atoms with Crippen LogP contribution >= 0.6 is 27.3 Å². The van der Waals surface area contributed by atoms with E-state index in [2.05, 4.69) is 31.0 Å². The molecule has 2 N–H and O–H groups in total. The molecule has 0 aliphatic carbocycles. The van der Waals surface area contributed by atoms with Gasteiger partial charge >= 0.3 is 0 Å². The molecule has 3 rings (SSSR count). The summed E-state index contributed by atoms with van der Waals surface area (Å²) in [6.45, 7) is 1.39. The summed E-state index contributed by atoms with van der Waals surface area (Å²) in [5, 5.41) is 2.89. The molecule has 0 atom stereocenters. The number of hydrogen-bond acceptors (Lipinski definition) is 5. The van der Waals surface area contributed by atoms with Gasteiger partial charge in [0.25, 0.3) is 10.0 Å². The third kappa shape index (κ3) is 3.74. The third-order valence-corrected chi connectivity index (χ3v) is 5.97. The molecule has 0 aliphatic rings. The van der Waals surface area contributed by atoms with Crippen LogP contribution in [0, 0.1) is 0 Å². The topological polar surface area (TPSA) is 88.2 Å². The summed E-state index contributed by atoms with van der Waals surface area (Å²) in [4.78, 5) is 15.4. The van der Waals surface area contributed by atoms with Crippen molar-refractivity contribution >= 4 is 64.2 Å². The normalized spacial score (nSPS) is 11.4. The monoisotopic (exact) mass is 425 g/mol. The first-order valence-corrected chi connectivity index (χ1v) is 9.89. The number of benzene rings is 2. The minimum absolute atomic E-state index is 0.0945. The van der Waals surface area contributed by atoms with Crippen molar-refractivity contribution in [2.75, 3.05) is 10.0 Å². The van der Waals surface area contributed by atoms with Crippen LogP contribution in [0.2, 0.25) is 0 Å². The highest BCUT2D eigenvalue weighted by molar-refractivity contribution is 9.10. The number of nitrogens with zero attached hydrogens (tertiary/aromatic N) is 1. The Morgan fingerprint density at radius 1 is 1.17 bits per heavy atom. The van der Waals surface area contributed by atoms with Crippen LogP contribution in [-0.4, -0.2) is 19.3 Å². The average molecular weight is 426 g/mol. The Labute approximate surface area is 151 Å². The Morgan fingerprint density at radius 3 is 2.54 bits per heavy atom.